The SMILES string of the molecule is CCc1c(C(=O)O)cccc1-c1cncc2cc(Cc3cccc(C(F)(F)F)c3)oc12.[O-][S+](Cl)Cl. The molecule has 2 aromatic carbocycles. The molecule has 35 heavy (non-hydrogen) atoms. The monoisotopic (exact) mass is 543 g/mol. The van der Waals surface area contributed by atoms with Crippen molar-refractivity contribution in [2.75, 3.05) is 0 Å². The van der Waals surface area contributed by atoms with Crippen molar-refractivity contribution in [2.24, 2.45) is 0 Å². The van der Waals surface area contributed by atoms with Crippen LogP contribution in [0, 0.1) is 0 Å². The van der Waals surface area contributed by atoms with Crippen LogP contribution in [-0.4, -0.2) is 20.6 Å². The van der Waals surface area contributed by atoms with Gasteiger partial charge in [-0.1, -0.05) is 37.3 Å². The Morgan fingerprint density at radius 2 is 1.80 bits per heavy atom. The zero-order chi connectivity index (χ0) is 25.8. The molecule has 0 unspecified atom stereocenters. The summed E-state index contributed by atoms with van der Waals surface area (Å²) in [6, 6.07) is 11.9. The average molecular weight is 544 g/mol. The number of hydrogen-bond acceptors (Lipinski definition) is 4. The molecule has 0 atom stereocenters. The number of rotatable bonds is 5. The van der Waals surface area contributed by atoms with Gasteiger partial charge < -0.3 is 14.1 Å². The van der Waals surface area contributed by atoms with Crippen molar-refractivity contribution in [1.82, 2.24) is 4.98 Å². The van der Waals surface area contributed by atoms with E-state index in [0.717, 1.165) is 12.1 Å². The van der Waals surface area contributed by atoms with Crippen LogP contribution in [0.4, 0.5) is 13.2 Å². The van der Waals surface area contributed by atoms with Crippen LogP contribution in [0.2, 0.25) is 0 Å². The highest BCUT2D eigenvalue weighted by molar-refractivity contribution is 8.31. The third kappa shape index (κ3) is 6.70. The number of fused-ring (bicyclic) bond motifs is 1. The number of aromatic nitrogens is 1. The number of alkyl halides is 3. The number of halogens is 5. The van der Waals surface area contributed by atoms with Crippen LogP contribution < -0.4 is 0 Å². The van der Waals surface area contributed by atoms with Crippen molar-refractivity contribution in [1.29, 1.82) is 0 Å². The Morgan fingerprint density at radius 3 is 2.43 bits per heavy atom. The highest BCUT2D eigenvalue weighted by atomic mass is 36.0. The topological polar surface area (TPSA) is 86.4 Å². The van der Waals surface area contributed by atoms with Gasteiger partial charge in [-0.05, 0) is 41.3 Å². The third-order valence-corrected chi connectivity index (χ3v) is 5.16. The molecule has 0 aliphatic heterocycles. The van der Waals surface area contributed by atoms with Crippen LogP contribution in [0.5, 0.6) is 0 Å². The maximum absolute atomic E-state index is 13.0. The number of carboxylic acids is 1. The molecular weight excluding hydrogens is 526 g/mol. The van der Waals surface area contributed by atoms with Gasteiger partial charge in [-0.2, -0.15) is 13.2 Å². The molecule has 5 nitrogen and oxygen atoms in total. The van der Waals surface area contributed by atoms with E-state index in [9.17, 15) is 23.1 Å². The molecule has 2 aromatic heterocycles. The Balaban J connectivity index is 0.000000795. The number of furan rings is 1. The molecule has 0 radical (unpaired) electrons. The predicted octanol–water partition coefficient (Wildman–Crippen LogP) is 7.41. The number of carboxylic acid groups (broad SMARTS) is 1. The number of nitrogens with zero attached hydrogens (tertiary/aromatic N) is 1. The van der Waals surface area contributed by atoms with E-state index < -0.39 is 27.3 Å². The highest BCUT2D eigenvalue weighted by Crippen LogP contribution is 2.35. The first-order chi connectivity index (χ1) is 16.5. The largest absolute Gasteiger partial charge is 0.582 e. The van der Waals surface area contributed by atoms with Crippen LogP contribution in [-0.2, 0) is 28.6 Å². The van der Waals surface area contributed by atoms with E-state index in [0.29, 0.717) is 45.4 Å². The fourth-order valence-corrected chi connectivity index (χ4v) is 3.77. The molecular formula is C24H18Cl2F3NO4S. The van der Waals surface area contributed by atoms with Crippen LogP contribution >= 0.6 is 21.4 Å². The standard InChI is InChI=1S/C24H18F3NO3.Cl2OS/c1-2-18-19(7-4-8-20(18)23(29)30)21-13-28-12-15-11-17(31-22(15)21)10-14-5-3-6-16(9-14)24(25,26)27;1-4(2)3/h3-9,11-13H,2,10H2,1H3,(H,29,30);. The second-order valence-corrected chi connectivity index (χ2v) is 9.89. The molecule has 1 N–H and O–H groups in total. The second kappa shape index (κ2) is 11.3. The molecule has 184 valence electrons. The fourth-order valence-electron chi connectivity index (χ4n) is 3.77. The highest BCUT2D eigenvalue weighted by Gasteiger charge is 2.30. The maximum atomic E-state index is 13.0. The predicted molar refractivity (Wildman–Crippen MR) is 130 cm³/mol. The van der Waals surface area contributed by atoms with E-state index in [-0.39, 0.29) is 12.0 Å². The minimum Gasteiger partial charge on any atom is -0.582 e. The zero-order valence-electron chi connectivity index (χ0n) is 18.1. The lowest BCUT2D eigenvalue weighted by atomic mass is 9.94. The molecule has 2 heterocycles. The molecule has 4 rings (SSSR count). The second-order valence-electron chi connectivity index (χ2n) is 7.37. The molecule has 4 aromatic rings. The molecule has 0 saturated carbocycles. The Hall–Kier alpha value is -2.72. The van der Waals surface area contributed by atoms with Gasteiger partial charge in [0.05, 0.1) is 11.1 Å². The van der Waals surface area contributed by atoms with Crippen molar-refractivity contribution in [3.05, 3.63) is 88.9 Å². The van der Waals surface area contributed by atoms with Crippen molar-refractivity contribution in [3.63, 3.8) is 0 Å². The van der Waals surface area contributed by atoms with E-state index >= 15 is 0 Å². The molecule has 0 fully saturated rings. The summed E-state index contributed by atoms with van der Waals surface area (Å²) >= 11 is 0. The number of pyridine rings is 1. The van der Waals surface area contributed by atoms with Crippen molar-refractivity contribution in [3.8, 4) is 11.1 Å². The van der Waals surface area contributed by atoms with E-state index in [1.165, 1.54) is 6.07 Å². The van der Waals surface area contributed by atoms with Gasteiger partial charge >= 0.3 is 12.1 Å². The fraction of sp³-hybridized carbons (Fsp3) is 0.167. The lowest BCUT2D eigenvalue weighted by Crippen LogP contribution is -2.05. The van der Waals surface area contributed by atoms with Gasteiger partial charge in [0.2, 0.25) is 0 Å². The normalized spacial score (nSPS) is 11.4. The van der Waals surface area contributed by atoms with Gasteiger partial charge in [-0.15, -0.1) is 0 Å². The molecule has 0 spiro atoms. The van der Waals surface area contributed by atoms with Crippen LogP contribution in [0.1, 0.15) is 39.7 Å². The number of aromatic carboxylic acids is 1. The van der Waals surface area contributed by atoms with Gasteiger partial charge in [0, 0.05) is 29.8 Å². The Kier molecular flexibility index (Phi) is 8.71. The lowest BCUT2D eigenvalue weighted by Gasteiger charge is -2.11. The van der Waals surface area contributed by atoms with Gasteiger partial charge in [-0.25, -0.2) is 4.79 Å². The summed E-state index contributed by atoms with van der Waals surface area (Å²) < 4.78 is 54.1. The van der Waals surface area contributed by atoms with E-state index in [2.05, 4.69) is 26.3 Å². The quantitative estimate of drug-likeness (QED) is 0.265. The third-order valence-electron chi connectivity index (χ3n) is 5.16. The molecule has 0 aliphatic carbocycles. The molecule has 0 aliphatic rings. The smallest absolute Gasteiger partial charge is 0.416 e. The average Bonchev–Trinajstić information content (AvgIpc) is 3.20. The molecule has 0 bridgehead atoms. The summed E-state index contributed by atoms with van der Waals surface area (Å²) in [7, 11) is 7.36. The molecule has 11 heteroatoms. The van der Waals surface area contributed by atoms with Gasteiger partial charge in [0.25, 0.3) is 0 Å². The van der Waals surface area contributed by atoms with Crippen LogP contribution in [0.3, 0.4) is 0 Å². The van der Waals surface area contributed by atoms with Crippen molar-refractivity contribution >= 4 is 47.9 Å². The molecule has 0 saturated heterocycles. The van der Waals surface area contributed by atoms with E-state index in [4.69, 9.17) is 8.97 Å². The Bertz CT molecular complexity index is 1340. The maximum Gasteiger partial charge on any atom is 0.416 e. The first-order valence-electron chi connectivity index (χ1n) is 10.1. The molecule has 0 amide bonds. The summed E-state index contributed by atoms with van der Waals surface area (Å²) in [6.07, 6.45) is -0.489. The Morgan fingerprint density at radius 1 is 1.11 bits per heavy atom. The van der Waals surface area contributed by atoms with E-state index in [1.54, 1.807) is 36.7 Å². The number of hydrogen-bond donors (Lipinski definition) is 1. The first-order valence-corrected chi connectivity index (χ1v) is 12.9. The summed E-state index contributed by atoms with van der Waals surface area (Å²) in [5.74, 6) is -0.514. The lowest BCUT2D eigenvalue weighted by molar-refractivity contribution is -0.137. The number of benzene rings is 2. The van der Waals surface area contributed by atoms with Gasteiger partial charge in [0.1, 0.15) is 11.3 Å². The summed E-state index contributed by atoms with van der Waals surface area (Å²) in [6.45, 7) is 1.88. The summed E-state index contributed by atoms with van der Waals surface area (Å²) in [5.41, 5.74) is 2.53. The van der Waals surface area contributed by atoms with E-state index in [1.807, 2.05) is 13.0 Å². The number of carbonyl (C=O) groups is 1. The van der Waals surface area contributed by atoms with Crippen molar-refractivity contribution in [2.45, 2.75) is 25.9 Å². The minimum absolute atomic E-state index is 0.188. The van der Waals surface area contributed by atoms with Crippen LogP contribution in [0.15, 0.2) is 65.3 Å². The Labute approximate surface area is 210 Å². The summed E-state index contributed by atoms with van der Waals surface area (Å²) in [4.78, 5) is 15.9. The van der Waals surface area contributed by atoms with Crippen LogP contribution in [0.25, 0.3) is 22.1 Å². The first kappa shape index (κ1) is 26.9. The van der Waals surface area contributed by atoms with Crippen molar-refractivity contribution < 1.29 is 32.0 Å². The minimum atomic E-state index is -4.41. The van der Waals surface area contributed by atoms with Gasteiger partial charge in [-0.3, -0.25) is 4.98 Å². The van der Waals surface area contributed by atoms with Gasteiger partial charge in [0.15, 0.2) is 31.0 Å². The summed E-state index contributed by atoms with van der Waals surface area (Å²) in [5, 5.41) is 10.2. The zero-order valence-corrected chi connectivity index (χ0v) is 20.4.